The van der Waals surface area contributed by atoms with E-state index in [1.165, 1.54) is 0 Å². The number of nitrogens with one attached hydrogen (secondary N) is 1. The molecule has 1 aliphatic rings. The Kier molecular flexibility index (Phi) is 4.83. The molecule has 3 heterocycles. The first-order chi connectivity index (χ1) is 12.8. The van der Waals surface area contributed by atoms with E-state index in [2.05, 4.69) is 32.0 Å². The fourth-order valence-corrected chi connectivity index (χ4v) is 3.49. The van der Waals surface area contributed by atoms with Gasteiger partial charge in [0, 0.05) is 38.0 Å². The number of H-pyrrole nitrogens is 1. The van der Waals surface area contributed by atoms with Crippen molar-refractivity contribution in [3.05, 3.63) is 42.4 Å². The highest BCUT2D eigenvalue weighted by Crippen LogP contribution is 2.34. The van der Waals surface area contributed by atoms with E-state index in [1.54, 1.807) is 6.33 Å². The molecule has 0 saturated carbocycles. The first kappa shape index (κ1) is 17.0. The van der Waals surface area contributed by atoms with Gasteiger partial charge in [0.1, 0.15) is 17.8 Å². The minimum atomic E-state index is 0.0176. The van der Waals surface area contributed by atoms with E-state index in [0.29, 0.717) is 19.6 Å². The first-order valence-electron chi connectivity index (χ1n) is 8.89. The lowest BCUT2D eigenvalue weighted by Gasteiger charge is -2.33. The normalized spacial score (nSPS) is 17.8. The molecule has 1 fully saturated rings. The van der Waals surface area contributed by atoms with Crippen LogP contribution < -0.4 is 10.6 Å². The van der Waals surface area contributed by atoms with E-state index in [0.717, 1.165) is 46.6 Å². The Morgan fingerprint density at radius 2 is 2.27 bits per heavy atom. The third kappa shape index (κ3) is 3.16. The number of morpholine rings is 1. The summed E-state index contributed by atoms with van der Waals surface area (Å²) in [5, 5.41) is 10.2. The molecule has 0 radical (unpaired) electrons. The van der Waals surface area contributed by atoms with Crippen molar-refractivity contribution in [2.75, 3.05) is 37.7 Å². The van der Waals surface area contributed by atoms with Gasteiger partial charge in [0.05, 0.1) is 18.1 Å². The molecule has 1 unspecified atom stereocenters. The molecule has 4 N–H and O–H groups in total. The summed E-state index contributed by atoms with van der Waals surface area (Å²) in [6.07, 6.45) is 4.22. The van der Waals surface area contributed by atoms with Crippen molar-refractivity contribution in [3.63, 3.8) is 0 Å². The summed E-state index contributed by atoms with van der Waals surface area (Å²) in [6.45, 7) is 2.77. The number of rotatable bonds is 5. The molecule has 1 saturated heterocycles. The lowest BCUT2D eigenvalue weighted by molar-refractivity contribution is 0.0464. The van der Waals surface area contributed by atoms with Gasteiger partial charge in [0.15, 0.2) is 0 Å². The molecule has 1 aromatic carbocycles. The van der Waals surface area contributed by atoms with Crippen molar-refractivity contribution in [3.8, 4) is 11.1 Å². The van der Waals surface area contributed by atoms with Crippen molar-refractivity contribution < 1.29 is 9.84 Å². The summed E-state index contributed by atoms with van der Waals surface area (Å²) in [5.74, 6) is 0.903. The molecule has 0 amide bonds. The van der Waals surface area contributed by atoms with E-state index in [9.17, 15) is 5.11 Å². The van der Waals surface area contributed by atoms with Gasteiger partial charge >= 0.3 is 0 Å². The molecule has 1 aliphatic heterocycles. The van der Waals surface area contributed by atoms with Gasteiger partial charge < -0.3 is 25.5 Å². The molecular weight excluding hydrogens is 330 g/mol. The number of aromatic amines is 1. The lowest BCUT2D eigenvalue weighted by atomic mass is 10.0. The number of aromatic nitrogens is 3. The highest BCUT2D eigenvalue weighted by atomic mass is 16.5. The lowest BCUT2D eigenvalue weighted by Crippen LogP contribution is -2.46. The van der Waals surface area contributed by atoms with Gasteiger partial charge in [0.2, 0.25) is 0 Å². The van der Waals surface area contributed by atoms with Crippen molar-refractivity contribution in [2.24, 2.45) is 5.73 Å². The number of benzene rings is 1. The van der Waals surface area contributed by atoms with Crippen LogP contribution in [0.25, 0.3) is 22.2 Å². The average Bonchev–Trinajstić information content (AvgIpc) is 3.13. The van der Waals surface area contributed by atoms with Gasteiger partial charge in [-0.2, -0.15) is 0 Å². The van der Waals surface area contributed by atoms with Crippen LogP contribution in [0.15, 0.2) is 36.8 Å². The number of hydrogen-bond acceptors (Lipinski definition) is 6. The number of nitrogens with two attached hydrogens (primary N) is 1. The zero-order valence-electron chi connectivity index (χ0n) is 14.6. The Hall–Kier alpha value is -2.48. The molecule has 4 rings (SSSR count). The average molecular weight is 353 g/mol. The second-order valence-electron chi connectivity index (χ2n) is 6.47. The molecule has 7 heteroatoms. The highest BCUT2D eigenvalue weighted by Gasteiger charge is 2.24. The van der Waals surface area contributed by atoms with Crippen LogP contribution in [-0.4, -0.2) is 59.0 Å². The molecule has 7 nitrogen and oxygen atoms in total. The summed E-state index contributed by atoms with van der Waals surface area (Å²) in [4.78, 5) is 14.4. The Bertz CT molecular complexity index is 895. The second-order valence-corrected chi connectivity index (χ2v) is 6.47. The zero-order valence-corrected chi connectivity index (χ0v) is 14.6. The van der Waals surface area contributed by atoms with Gasteiger partial charge in [-0.1, -0.05) is 24.3 Å². The second kappa shape index (κ2) is 7.41. The van der Waals surface area contributed by atoms with Crippen LogP contribution in [0.4, 0.5) is 5.82 Å². The van der Waals surface area contributed by atoms with E-state index >= 15 is 0 Å². The Morgan fingerprint density at radius 3 is 3.12 bits per heavy atom. The predicted molar refractivity (Wildman–Crippen MR) is 101 cm³/mol. The summed E-state index contributed by atoms with van der Waals surface area (Å²) in [5.41, 5.74) is 9.85. The van der Waals surface area contributed by atoms with E-state index in [1.807, 2.05) is 18.3 Å². The number of fused-ring (bicyclic) bond motifs is 1. The highest BCUT2D eigenvalue weighted by molar-refractivity contribution is 6.01. The molecule has 26 heavy (non-hydrogen) atoms. The Balaban J connectivity index is 1.78. The fourth-order valence-electron chi connectivity index (χ4n) is 3.49. The van der Waals surface area contributed by atoms with Crippen LogP contribution in [-0.2, 0) is 11.2 Å². The van der Waals surface area contributed by atoms with Crippen LogP contribution in [0.2, 0.25) is 0 Å². The first-order valence-corrected chi connectivity index (χ1v) is 8.89. The SMILES string of the molecule is NCC1CN(c2ncnc3[nH]cc(-c4cccc(CCO)c4)c23)CCO1. The summed E-state index contributed by atoms with van der Waals surface area (Å²) < 4.78 is 5.69. The van der Waals surface area contributed by atoms with Crippen LogP contribution in [0.1, 0.15) is 5.56 Å². The Morgan fingerprint density at radius 1 is 1.35 bits per heavy atom. The van der Waals surface area contributed by atoms with Gasteiger partial charge in [0.25, 0.3) is 0 Å². The fraction of sp³-hybridized carbons (Fsp3) is 0.368. The summed E-state index contributed by atoms with van der Waals surface area (Å²) in [6, 6.07) is 8.22. The maximum absolute atomic E-state index is 9.22. The van der Waals surface area contributed by atoms with Crippen molar-refractivity contribution in [1.82, 2.24) is 15.0 Å². The van der Waals surface area contributed by atoms with Gasteiger partial charge in [-0.3, -0.25) is 0 Å². The molecule has 3 aromatic rings. The van der Waals surface area contributed by atoms with E-state index in [-0.39, 0.29) is 12.7 Å². The van der Waals surface area contributed by atoms with Crippen molar-refractivity contribution in [2.45, 2.75) is 12.5 Å². The molecule has 2 aromatic heterocycles. The molecule has 136 valence electrons. The van der Waals surface area contributed by atoms with Crippen LogP contribution in [0.3, 0.4) is 0 Å². The number of anilines is 1. The number of aliphatic hydroxyl groups is 1. The van der Waals surface area contributed by atoms with E-state index < -0.39 is 0 Å². The minimum absolute atomic E-state index is 0.0176. The third-order valence-electron chi connectivity index (χ3n) is 4.79. The monoisotopic (exact) mass is 353 g/mol. The number of ether oxygens (including phenoxy) is 1. The van der Waals surface area contributed by atoms with Gasteiger partial charge in [-0.05, 0) is 17.5 Å². The summed E-state index contributed by atoms with van der Waals surface area (Å²) in [7, 11) is 0. The van der Waals surface area contributed by atoms with Crippen LogP contribution >= 0.6 is 0 Å². The largest absolute Gasteiger partial charge is 0.396 e. The standard InChI is InChI=1S/C19H23N5O2/c20-9-15-11-24(5-7-26-15)19-17-16(10-21-18(17)22-12-23-19)14-3-1-2-13(8-14)4-6-25/h1-3,8,10,12,15,25H,4-7,9,11,20H2,(H,21,22,23). The van der Waals surface area contributed by atoms with Gasteiger partial charge in [-0.25, -0.2) is 9.97 Å². The van der Waals surface area contributed by atoms with Crippen molar-refractivity contribution in [1.29, 1.82) is 0 Å². The predicted octanol–water partition coefficient (Wildman–Crippen LogP) is 1.32. The molecule has 0 spiro atoms. The molecule has 1 atom stereocenters. The minimum Gasteiger partial charge on any atom is -0.396 e. The smallest absolute Gasteiger partial charge is 0.143 e. The maximum Gasteiger partial charge on any atom is 0.143 e. The van der Waals surface area contributed by atoms with Crippen molar-refractivity contribution >= 4 is 16.9 Å². The van der Waals surface area contributed by atoms with Gasteiger partial charge in [-0.15, -0.1) is 0 Å². The molecule has 0 aliphatic carbocycles. The zero-order chi connectivity index (χ0) is 17.9. The maximum atomic E-state index is 9.22. The number of aliphatic hydroxyl groups excluding tert-OH is 1. The topological polar surface area (TPSA) is 100 Å². The quantitative estimate of drug-likeness (QED) is 0.640. The molecule has 0 bridgehead atoms. The Labute approximate surface area is 151 Å². The number of hydrogen-bond donors (Lipinski definition) is 3. The molecular formula is C19H23N5O2. The van der Waals surface area contributed by atoms with E-state index in [4.69, 9.17) is 10.5 Å². The number of nitrogens with zero attached hydrogens (tertiary/aromatic N) is 3. The van der Waals surface area contributed by atoms with Crippen LogP contribution in [0, 0.1) is 0 Å². The third-order valence-corrected chi connectivity index (χ3v) is 4.79. The summed E-state index contributed by atoms with van der Waals surface area (Å²) >= 11 is 0. The van der Waals surface area contributed by atoms with Crippen LogP contribution in [0.5, 0.6) is 0 Å².